The number of aliphatic hydroxyl groups excluding tert-OH is 1. The molecule has 23 heavy (non-hydrogen) atoms. The van der Waals surface area contributed by atoms with Crippen LogP contribution in [0.3, 0.4) is 0 Å². The van der Waals surface area contributed by atoms with E-state index >= 15 is 0 Å². The minimum atomic E-state index is -3.70. The Morgan fingerprint density at radius 2 is 1.74 bits per heavy atom. The summed E-state index contributed by atoms with van der Waals surface area (Å²) >= 11 is 11.8. The van der Waals surface area contributed by atoms with Gasteiger partial charge in [-0.15, -0.1) is 0 Å². The number of hydrogen-bond donors (Lipinski definition) is 2. The number of nitrogens with two attached hydrogens (primary N) is 1. The van der Waals surface area contributed by atoms with E-state index in [-0.39, 0.29) is 4.90 Å². The maximum absolute atomic E-state index is 12.9. The maximum Gasteiger partial charge on any atom is 0.183 e. The molecule has 0 spiro atoms. The fourth-order valence-electron chi connectivity index (χ4n) is 3.04. The Kier molecular flexibility index (Phi) is 4.19. The zero-order valence-electron chi connectivity index (χ0n) is 12.0. The van der Waals surface area contributed by atoms with Gasteiger partial charge in [-0.25, -0.2) is 8.42 Å². The summed E-state index contributed by atoms with van der Waals surface area (Å²) in [6.07, 6.45) is 0. The van der Waals surface area contributed by atoms with Gasteiger partial charge in [0, 0.05) is 16.0 Å². The quantitative estimate of drug-likeness (QED) is 0.865. The van der Waals surface area contributed by atoms with Crippen molar-refractivity contribution < 1.29 is 13.5 Å². The van der Waals surface area contributed by atoms with Gasteiger partial charge in [-0.2, -0.15) is 0 Å². The van der Waals surface area contributed by atoms with Crippen molar-refractivity contribution in [2.75, 3.05) is 6.61 Å². The predicted octanol–water partition coefficient (Wildman–Crippen LogP) is 2.62. The summed E-state index contributed by atoms with van der Waals surface area (Å²) in [6.45, 7) is -0.429. The van der Waals surface area contributed by atoms with Crippen molar-refractivity contribution in [2.45, 2.75) is 21.6 Å². The van der Waals surface area contributed by atoms with Crippen LogP contribution in [0, 0.1) is 0 Å². The van der Waals surface area contributed by atoms with Crippen LogP contribution in [0.15, 0.2) is 53.4 Å². The zero-order chi connectivity index (χ0) is 16.8. The molecule has 3 N–H and O–H groups in total. The minimum Gasteiger partial charge on any atom is -0.394 e. The molecule has 1 saturated carbocycles. The number of rotatable bonds is 4. The SMILES string of the molecule is N[C@@]1(CO)[C@H](S(=O)(=O)c2ccc(Cl)cc2)[C@@H]1c1cccc(Cl)c1. The lowest BCUT2D eigenvalue weighted by Gasteiger charge is -2.08. The molecule has 0 radical (unpaired) electrons. The van der Waals surface area contributed by atoms with Crippen molar-refractivity contribution in [3.05, 3.63) is 64.1 Å². The zero-order valence-corrected chi connectivity index (χ0v) is 14.3. The molecular weight excluding hydrogens is 357 g/mol. The predicted molar refractivity (Wildman–Crippen MR) is 90.6 cm³/mol. The summed E-state index contributed by atoms with van der Waals surface area (Å²) < 4.78 is 25.8. The summed E-state index contributed by atoms with van der Waals surface area (Å²) in [7, 11) is -3.70. The first-order valence-electron chi connectivity index (χ1n) is 6.95. The molecule has 0 heterocycles. The van der Waals surface area contributed by atoms with Gasteiger partial charge in [-0.1, -0.05) is 35.3 Å². The molecule has 0 saturated heterocycles. The molecule has 1 aliphatic carbocycles. The molecule has 0 amide bonds. The lowest BCUT2D eigenvalue weighted by atomic mass is 10.1. The molecule has 0 aromatic heterocycles. The molecule has 3 atom stereocenters. The van der Waals surface area contributed by atoms with E-state index in [0.717, 1.165) is 0 Å². The van der Waals surface area contributed by atoms with Gasteiger partial charge in [0.25, 0.3) is 0 Å². The second-order valence-corrected chi connectivity index (χ2v) is 8.66. The third-order valence-corrected chi connectivity index (χ3v) is 7.06. The summed E-state index contributed by atoms with van der Waals surface area (Å²) in [5, 5.41) is 9.69. The van der Waals surface area contributed by atoms with Gasteiger partial charge in [-0.05, 0) is 42.0 Å². The number of aliphatic hydroxyl groups is 1. The second-order valence-electron chi connectivity index (χ2n) is 5.72. The molecule has 2 aromatic carbocycles. The van der Waals surface area contributed by atoms with Gasteiger partial charge >= 0.3 is 0 Å². The van der Waals surface area contributed by atoms with E-state index in [1.54, 1.807) is 24.3 Å². The molecule has 7 heteroatoms. The number of sulfone groups is 1. The van der Waals surface area contributed by atoms with Crippen LogP contribution in [-0.4, -0.2) is 30.9 Å². The van der Waals surface area contributed by atoms with E-state index in [1.165, 1.54) is 24.3 Å². The highest BCUT2D eigenvalue weighted by atomic mass is 35.5. The normalized spacial score (nSPS) is 27.0. The van der Waals surface area contributed by atoms with E-state index in [0.29, 0.717) is 15.6 Å². The molecule has 1 fully saturated rings. The van der Waals surface area contributed by atoms with Crippen molar-refractivity contribution in [3.63, 3.8) is 0 Å². The van der Waals surface area contributed by atoms with E-state index in [2.05, 4.69) is 0 Å². The molecule has 122 valence electrons. The fourth-order valence-corrected chi connectivity index (χ4v) is 5.66. The standard InChI is InChI=1S/C16H15Cl2NO3S/c17-11-4-6-13(7-5-11)23(21,22)15-14(16(15,19)9-20)10-2-1-3-12(18)8-10/h1-8,14-15,20H,9,19H2/t14-,15+,16+/m0/s1. The van der Waals surface area contributed by atoms with Crippen LogP contribution in [0.25, 0.3) is 0 Å². The van der Waals surface area contributed by atoms with E-state index in [1.807, 2.05) is 0 Å². The average molecular weight is 372 g/mol. The Hall–Kier alpha value is -1.11. The van der Waals surface area contributed by atoms with E-state index in [9.17, 15) is 13.5 Å². The molecule has 3 rings (SSSR count). The fraction of sp³-hybridized carbons (Fsp3) is 0.250. The molecule has 0 aliphatic heterocycles. The number of halogens is 2. The smallest absolute Gasteiger partial charge is 0.183 e. The maximum atomic E-state index is 12.9. The molecule has 4 nitrogen and oxygen atoms in total. The van der Waals surface area contributed by atoms with Crippen LogP contribution in [0.1, 0.15) is 11.5 Å². The van der Waals surface area contributed by atoms with Crippen LogP contribution < -0.4 is 5.73 Å². The molecule has 2 aromatic rings. The Balaban J connectivity index is 2.03. The van der Waals surface area contributed by atoms with Crippen LogP contribution >= 0.6 is 23.2 Å². The topological polar surface area (TPSA) is 80.4 Å². The molecule has 0 unspecified atom stereocenters. The highest BCUT2D eigenvalue weighted by Crippen LogP contribution is 2.55. The molecular formula is C16H15Cl2NO3S. The Labute approximate surface area is 144 Å². The van der Waals surface area contributed by atoms with E-state index in [4.69, 9.17) is 28.9 Å². The van der Waals surface area contributed by atoms with Gasteiger partial charge in [0.1, 0.15) is 0 Å². The highest BCUT2D eigenvalue weighted by molar-refractivity contribution is 7.92. The lowest BCUT2D eigenvalue weighted by Crippen LogP contribution is -2.35. The summed E-state index contributed by atoms with van der Waals surface area (Å²) in [4.78, 5) is 0.139. The van der Waals surface area contributed by atoms with Gasteiger partial charge < -0.3 is 10.8 Å². The first kappa shape index (κ1) is 16.7. The number of hydrogen-bond acceptors (Lipinski definition) is 4. The Morgan fingerprint density at radius 1 is 1.09 bits per heavy atom. The summed E-state index contributed by atoms with van der Waals surface area (Å²) in [6, 6.07) is 12.8. The average Bonchev–Trinajstić information content (AvgIpc) is 3.15. The van der Waals surface area contributed by atoms with Crippen LogP contribution in [0.5, 0.6) is 0 Å². The third-order valence-electron chi connectivity index (χ3n) is 4.26. The Bertz CT molecular complexity index is 839. The van der Waals surface area contributed by atoms with Crippen LogP contribution in [-0.2, 0) is 9.84 Å². The van der Waals surface area contributed by atoms with Crippen LogP contribution in [0.2, 0.25) is 10.0 Å². The first-order valence-corrected chi connectivity index (χ1v) is 9.25. The highest BCUT2D eigenvalue weighted by Gasteiger charge is 2.69. The van der Waals surface area contributed by atoms with Crippen LogP contribution in [0.4, 0.5) is 0 Å². The van der Waals surface area contributed by atoms with Crippen molar-refractivity contribution in [1.82, 2.24) is 0 Å². The van der Waals surface area contributed by atoms with Crippen molar-refractivity contribution in [1.29, 1.82) is 0 Å². The largest absolute Gasteiger partial charge is 0.394 e. The second kappa shape index (κ2) is 5.76. The van der Waals surface area contributed by atoms with Crippen molar-refractivity contribution in [3.8, 4) is 0 Å². The lowest BCUT2D eigenvalue weighted by molar-refractivity contribution is 0.253. The van der Waals surface area contributed by atoms with Gasteiger partial charge in [0.05, 0.1) is 22.3 Å². The minimum absolute atomic E-state index is 0.139. The van der Waals surface area contributed by atoms with E-state index < -0.39 is 33.2 Å². The van der Waals surface area contributed by atoms with Gasteiger partial charge in [-0.3, -0.25) is 0 Å². The van der Waals surface area contributed by atoms with Gasteiger partial charge in [0.15, 0.2) is 9.84 Å². The number of benzene rings is 2. The first-order chi connectivity index (χ1) is 10.8. The molecule has 1 aliphatic rings. The van der Waals surface area contributed by atoms with Crippen molar-refractivity contribution >= 4 is 33.0 Å². The van der Waals surface area contributed by atoms with Crippen molar-refractivity contribution in [2.24, 2.45) is 5.73 Å². The summed E-state index contributed by atoms with van der Waals surface area (Å²) in [5.74, 6) is -0.508. The molecule has 0 bridgehead atoms. The Morgan fingerprint density at radius 3 is 2.30 bits per heavy atom. The van der Waals surface area contributed by atoms with Gasteiger partial charge in [0.2, 0.25) is 0 Å². The monoisotopic (exact) mass is 371 g/mol. The summed E-state index contributed by atoms with van der Waals surface area (Å²) in [5.41, 5.74) is 5.66. The third kappa shape index (κ3) is 2.77.